The predicted molar refractivity (Wildman–Crippen MR) is 142 cm³/mol. The van der Waals surface area contributed by atoms with Gasteiger partial charge in [-0.25, -0.2) is 12.7 Å². The molecular formula is C28H32ClNO4S. The molecule has 1 amide bonds. The summed E-state index contributed by atoms with van der Waals surface area (Å²) in [6.45, 7) is 4.52. The Morgan fingerprint density at radius 1 is 0.857 bits per heavy atom. The van der Waals surface area contributed by atoms with E-state index in [1.165, 1.54) is 29.8 Å². The second kappa shape index (κ2) is 12.8. The molecule has 0 unspecified atom stereocenters. The van der Waals surface area contributed by atoms with Gasteiger partial charge in [0.05, 0.1) is 17.2 Å². The monoisotopic (exact) mass is 513 g/mol. The lowest BCUT2D eigenvalue weighted by Crippen LogP contribution is -2.37. The van der Waals surface area contributed by atoms with E-state index in [0.29, 0.717) is 23.7 Å². The minimum atomic E-state index is -4.11. The van der Waals surface area contributed by atoms with Gasteiger partial charge in [-0.3, -0.25) is 4.79 Å². The summed E-state index contributed by atoms with van der Waals surface area (Å²) in [5.41, 5.74) is 2.65. The number of hydrogen-bond acceptors (Lipinski definition) is 4. The number of unbranched alkanes of at least 4 members (excludes halogenated alkanes) is 1. The molecular weight excluding hydrogens is 482 g/mol. The standard InChI is InChI=1S/C28H32ClNO4S/c1-3-5-7-23-9-15-25(16-10-23)30(35(32,33)27-19-13-24(29)14-20-27)28(31)8-6-21-34-26-17-11-22(4-2)12-18-26/h9-20H,3-8,21H2,1-2H3. The summed E-state index contributed by atoms with van der Waals surface area (Å²) in [7, 11) is -4.11. The van der Waals surface area contributed by atoms with Crippen LogP contribution in [-0.2, 0) is 27.7 Å². The molecule has 0 saturated carbocycles. The second-order valence-corrected chi connectivity index (χ2v) is 10.6. The van der Waals surface area contributed by atoms with Gasteiger partial charge in [0.15, 0.2) is 0 Å². The molecule has 0 aliphatic carbocycles. The molecule has 0 atom stereocenters. The molecule has 0 aromatic heterocycles. The van der Waals surface area contributed by atoms with Gasteiger partial charge < -0.3 is 4.74 Å². The highest BCUT2D eigenvalue weighted by atomic mass is 35.5. The van der Waals surface area contributed by atoms with Crippen molar-refractivity contribution < 1.29 is 17.9 Å². The Morgan fingerprint density at radius 2 is 1.49 bits per heavy atom. The third kappa shape index (κ3) is 7.33. The van der Waals surface area contributed by atoms with E-state index >= 15 is 0 Å². The van der Waals surface area contributed by atoms with Gasteiger partial charge in [-0.15, -0.1) is 0 Å². The van der Waals surface area contributed by atoms with Crippen LogP contribution in [-0.4, -0.2) is 20.9 Å². The minimum absolute atomic E-state index is 0.0116. The van der Waals surface area contributed by atoms with Crippen LogP contribution < -0.4 is 9.04 Å². The second-order valence-electron chi connectivity index (χ2n) is 8.34. The number of amides is 1. The summed E-state index contributed by atoms with van der Waals surface area (Å²) in [5, 5.41) is 0.422. The fourth-order valence-electron chi connectivity index (χ4n) is 3.64. The third-order valence-electron chi connectivity index (χ3n) is 5.70. The molecule has 3 aromatic carbocycles. The van der Waals surface area contributed by atoms with Crippen LogP contribution in [0.1, 0.15) is 50.7 Å². The van der Waals surface area contributed by atoms with E-state index in [1.54, 1.807) is 12.1 Å². The number of ether oxygens (including phenoxy) is 1. The molecule has 5 nitrogen and oxygen atoms in total. The Hall–Kier alpha value is -2.83. The van der Waals surface area contributed by atoms with Gasteiger partial charge in [0.25, 0.3) is 10.0 Å². The average Bonchev–Trinajstić information content (AvgIpc) is 2.87. The van der Waals surface area contributed by atoms with Crippen LogP contribution in [0.2, 0.25) is 5.02 Å². The molecule has 3 rings (SSSR count). The summed E-state index contributed by atoms with van der Waals surface area (Å²) in [4.78, 5) is 13.3. The molecule has 0 bridgehead atoms. The maximum atomic E-state index is 13.5. The molecule has 186 valence electrons. The van der Waals surface area contributed by atoms with Crippen molar-refractivity contribution in [3.63, 3.8) is 0 Å². The van der Waals surface area contributed by atoms with Crippen LogP contribution in [0, 0.1) is 0 Å². The van der Waals surface area contributed by atoms with Crippen LogP contribution >= 0.6 is 11.6 Å². The van der Waals surface area contributed by atoms with E-state index in [9.17, 15) is 13.2 Å². The molecule has 3 aromatic rings. The normalized spacial score (nSPS) is 11.3. The van der Waals surface area contributed by atoms with E-state index < -0.39 is 15.9 Å². The molecule has 0 heterocycles. The number of carbonyl (C=O) groups excluding carboxylic acids is 1. The predicted octanol–water partition coefficient (Wildman–Crippen LogP) is 6.83. The molecule has 0 aliphatic heterocycles. The topological polar surface area (TPSA) is 63.7 Å². The van der Waals surface area contributed by atoms with Crippen molar-refractivity contribution in [3.8, 4) is 5.75 Å². The van der Waals surface area contributed by atoms with Gasteiger partial charge in [0.1, 0.15) is 5.75 Å². The lowest BCUT2D eigenvalue weighted by Gasteiger charge is -2.23. The Balaban J connectivity index is 1.76. The average molecular weight is 514 g/mol. The Morgan fingerprint density at radius 3 is 2.09 bits per heavy atom. The molecule has 0 N–H and O–H groups in total. The first-order valence-electron chi connectivity index (χ1n) is 12.0. The number of anilines is 1. The highest BCUT2D eigenvalue weighted by Gasteiger charge is 2.30. The lowest BCUT2D eigenvalue weighted by atomic mass is 10.1. The van der Waals surface area contributed by atoms with Crippen molar-refractivity contribution >= 4 is 33.2 Å². The number of rotatable bonds is 12. The maximum absolute atomic E-state index is 13.5. The summed E-state index contributed by atoms with van der Waals surface area (Å²) in [6.07, 6.45) is 4.39. The quantitative estimate of drug-likeness (QED) is 0.249. The summed E-state index contributed by atoms with van der Waals surface area (Å²) < 4.78 is 33.6. The highest BCUT2D eigenvalue weighted by molar-refractivity contribution is 7.93. The Bertz CT molecular complexity index is 1190. The van der Waals surface area contributed by atoms with Crippen molar-refractivity contribution in [1.29, 1.82) is 0 Å². The zero-order chi connectivity index (χ0) is 25.3. The van der Waals surface area contributed by atoms with E-state index in [1.807, 2.05) is 36.4 Å². The molecule has 0 aliphatic rings. The third-order valence-corrected chi connectivity index (χ3v) is 7.72. The minimum Gasteiger partial charge on any atom is -0.494 e. The fourth-order valence-corrected chi connectivity index (χ4v) is 5.22. The number of hydrogen-bond donors (Lipinski definition) is 0. The molecule has 0 radical (unpaired) electrons. The van der Waals surface area contributed by atoms with Gasteiger partial charge in [-0.2, -0.15) is 0 Å². The molecule has 7 heteroatoms. The summed E-state index contributed by atoms with van der Waals surface area (Å²) >= 11 is 5.94. The SMILES string of the molecule is CCCCc1ccc(N(C(=O)CCCOc2ccc(CC)cc2)S(=O)(=O)c2ccc(Cl)cc2)cc1. The zero-order valence-electron chi connectivity index (χ0n) is 20.2. The highest BCUT2D eigenvalue weighted by Crippen LogP contribution is 2.27. The van der Waals surface area contributed by atoms with Crippen molar-refractivity contribution in [3.05, 3.63) is 88.9 Å². The van der Waals surface area contributed by atoms with Gasteiger partial charge in [-0.1, -0.05) is 56.1 Å². The first kappa shape index (κ1) is 26.8. The van der Waals surface area contributed by atoms with Gasteiger partial charge in [0, 0.05) is 11.4 Å². The van der Waals surface area contributed by atoms with Crippen LogP contribution in [0.15, 0.2) is 77.7 Å². The number of benzene rings is 3. The summed E-state index contributed by atoms with van der Waals surface area (Å²) in [5.74, 6) is 0.217. The van der Waals surface area contributed by atoms with Crippen molar-refractivity contribution in [1.82, 2.24) is 0 Å². The molecule has 35 heavy (non-hydrogen) atoms. The van der Waals surface area contributed by atoms with Crippen molar-refractivity contribution in [2.45, 2.75) is 57.3 Å². The Kier molecular flexibility index (Phi) is 9.75. The van der Waals surface area contributed by atoms with Gasteiger partial charge in [-0.05, 0) is 85.3 Å². The van der Waals surface area contributed by atoms with Crippen LogP contribution in [0.5, 0.6) is 5.75 Å². The van der Waals surface area contributed by atoms with Crippen LogP contribution in [0.25, 0.3) is 0 Å². The van der Waals surface area contributed by atoms with Gasteiger partial charge in [0.2, 0.25) is 5.91 Å². The molecule has 0 fully saturated rings. The first-order chi connectivity index (χ1) is 16.8. The number of nitrogens with zero attached hydrogens (tertiary/aromatic N) is 1. The lowest BCUT2D eigenvalue weighted by molar-refractivity contribution is -0.117. The summed E-state index contributed by atoms with van der Waals surface area (Å²) in [6, 6.07) is 20.8. The number of sulfonamides is 1. The van der Waals surface area contributed by atoms with E-state index in [4.69, 9.17) is 16.3 Å². The van der Waals surface area contributed by atoms with Crippen molar-refractivity contribution in [2.24, 2.45) is 0 Å². The number of aryl methyl sites for hydroxylation is 2. The van der Waals surface area contributed by atoms with Crippen LogP contribution in [0.4, 0.5) is 5.69 Å². The largest absolute Gasteiger partial charge is 0.494 e. The zero-order valence-corrected chi connectivity index (χ0v) is 21.8. The van der Waals surface area contributed by atoms with E-state index in [0.717, 1.165) is 41.3 Å². The Labute approximate surface area is 213 Å². The van der Waals surface area contributed by atoms with E-state index in [2.05, 4.69) is 13.8 Å². The number of carbonyl (C=O) groups is 1. The smallest absolute Gasteiger partial charge is 0.270 e. The molecule has 0 spiro atoms. The van der Waals surface area contributed by atoms with Crippen molar-refractivity contribution in [2.75, 3.05) is 10.9 Å². The first-order valence-corrected chi connectivity index (χ1v) is 13.8. The maximum Gasteiger partial charge on any atom is 0.270 e. The number of halogens is 1. The van der Waals surface area contributed by atoms with E-state index in [-0.39, 0.29) is 11.3 Å². The van der Waals surface area contributed by atoms with Crippen LogP contribution in [0.3, 0.4) is 0 Å². The fraction of sp³-hybridized carbons (Fsp3) is 0.321. The molecule has 0 saturated heterocycles. The van der Waals surface area contributed by atoms with Gasteiger partial charge >= 0.3 is 0 Å².